The van der Waals surface area contributed by atoms with Gasteiger partial charge in [0.1, 0.15) is 23.0 Å². The zero-order valence-electron chi connectivity index (χ0n) is 17.0. The molecule has 0 saturated heterocycles. The maximum Gasteiger partial charge on any atom is 0.245 e. The number of phenolic OH excluding ortho intramolecular Hbond substituents is 1. The van der Waals surface area contributed by atoms with E-state index in [2.05, 4.69) is 9.97 Å². The minimum Gasteiger partial charge on any atom is -0.508 e. The normalized spacial score (nSPS) is 11.8. The number of nitrogens with zero attached hydrogens (tertiary/aromatic N) is 3. The summed E-state index contributed by atoms with van der Waals surface area (Å²) in [6.45, 7) is 0. The Morgan fingerprint density at radius 3 is 2.32 bits per heavy atom. The van der Waals surface area contributed by atoms with Gasteiger partial charge in [-0.1, -0.05) is 18.2 Å². The highest BCUT2D eigenvalue weighted by atomic mass is 32.3. The van der Waals surface area contributed by atoms with Gasteiger partial charge in [-0.3, -0.25) is 0 Å². The van der Waals surface area contributed by atoms with Crippen LogP contribution in [-0.4, -0.2) is 51.5 Å². The van der Waals surface area contributed by atoms with Gasteiger partial charge in [-0.25, -0.2) is 26.8 Å². The summed E-state index contributed by atoms with van der Waals surface area (Å²) in [5, 5.41) is 9.62. The Balaban J connectivity index is 2.01. The van der Waals surface area contributed by atoms with Crippen LogP contribution in [0.1, 0.15) is 11.4 Å². The van der Waals surface area contributed by atoms with E-state index < -0.39 is 20.0 Å². The molecule has 0 atom stereocenters. The van der Waals surface area contributed by atoms with Crippen molar-refractivity contribution in [3.8, 4) is 22.8 Å². The summed E-state index contributed by atoms with van der Waals surface area (Å²) in [6, 6.07) is 12.9. The summed E-state index contributed by atoms with van der Waals surface area (Å²) in [6.07, 6.45) is 3.59. The van der Waals surface area contributed by atoms with Crippen molar-refractivity contribution in [1.29, 1.82) is 0 Å². The Hall–Kier alpha value is -3.18. The Bertz CT molecular complexity index is 1290. The van der Waals surface area contributed by atoms with Crippen LogP contribution in [0.5, 0.6) is 11.5 Å². The maximum atomic E-state index is 12.1. The van der Waals surface area contributed by atoms with Gasteiger partial charge in [0, 0.05) is 18.2 Å². The highest BCUT2D eigenvalue weighted by Gasteiger charge is 2.30. The molecule has 0 aliphatic rings. The van der Waals surface area contributed by atoms with Gasteiger partial charge in [0.15, 0.2) is 0 Å². The van der Waals surface area contributed by atoms with Gasteiger partial charge in [0.25, 0.3) is 0 Å². The molecule has 0 spiro atoms. The van der Waals surface area contributed by atoms with Gasteiger partial charge in [0.05, 0.1) is 25.3 Å². The van der Waals surface area contributed by atoms with Crippen LogP contribution in [0.15, 0.2) is 54.7 Å². The van der Waals surface area contributed by atoms with E-state index in [0.717, 1.165) is 18.1 Å². The quantitative estimate of drug-likeness (QED) is 0.565. The topological polar surface area (TPSA) is 127 Å². The van der Waals surface area contributed by atoms with Crippen molar-refractivity contribution >= 4 is 25.7 Å². The van der Waals surface area contributed by atoms with Crippen LogP contribution in [-0.2, 0) is 26.5 Å². The van der Waals surface area contributed by atoms with Gasteiger partial charge in [0.2, 0.25) is 20.0 Å². The number of sulfonamides is 2. The fourth-order valence-electron chi connectivity index (χ4n) is 3.09. The van der Waals surface area contributed by atoms with Crippen LogP contribution in [0.2, 0.25) is 0 Å². The molecule has 1 N–H and O–H groups in total. The fourth-order valence-corrected chi connectivity index (χ4v) is 6.07. The molecule has 31 heavy (non-hydrogen) atoms. The molecule has 0 unspecified atom stereocenters. The molecule has 0 aliphatic carbocycles. The molecule has 0 radical (unpaired) electrons. The number of ether oxygens (including phenoxy) is 1. The van der Waals surface area contributed by atoms with E-state index in [-0.39, 0.29) is 17.2 Å². The third-order valence-corrected chi connectivity index (χ3v) is 7.48. The average molecular weight is 464 g/mol. The summed E-state index contributed by atoms with van der Waals surface area (Å²) < 4.78 is 54.0. The summed E-state index contributed by atoms with van der Waals surface area (Å²) >= 11 is 0. The molecule has 1 heterocycles. The maximum absolute atomic E-state index is 12.1. The number of aromatic hydroxyl groups is 1. The van der Waals surface area contributed by atoms with Gasteiger partial charge in [-0.2, -0.15) is 3.71 Å². The fraction of sp³-hybridized carbons (Fsp3) is 0.200. The second-order valence-corrected chi connectivity index (χ2v) is 10.7. The van der Waals surface area contributed by atoms with Gasteiger partial charge >= 0.3 is 0 Å². The minimum atomic E-state index is -4.11. The molecular formula is C20H21N3O6S2. The molecule has 0 bridgehead atoms. The van der Waals surface area contributed by atoms with Crippen molar-refractivity contribution in [1.82, 2.24) is 9.97 Å². The summed E-state index contributed by atoms with van der Waals surface area (Å²) in [7, 11) is -6.90. The zero-order valence-corrected chi connectivity index (χ0v) is 18.7. The number of methoxy groups -OCH3 is 1. The predicted molar refractivity (Wildman–Crippen MR) is 117 cm³/mol. The first kappa shape index (κ1) is 22.5. The molecule has 0 saturated carbocycles. The molecule has 2 aromatic carbocycles. The van der Waals surface area contributed by atoms with Crippen molar-refractivity contribution in [2.45, 2.75) is 6.42 Å². The van der Waals surface area contributed by atoms with Crippen molar-refractivity contribution < 1.29 is 26.7 Å². The largest absolute Gasteiger partial charge is 0.508 e. The van der Waals surface area contributed by atoms with E-state index in [1.807, 2.05) is 6.07 Å². The second-order valence-electron chi connectivity index (χ2n) is 6.81. The second kappa shape index (κ2) is 8.52. The molecule has 164 valence electrons. The Morgan fingerprint density at radius 2 is 1.71 bits per heavy atom. The molecule has 11 heteroatoms. The van der Waals surface area contributed by atoms with Gasteiger partial charge in [-0.05, 0) is 35.9 Å². The molecule has 9 nitrogen and oxygen atoms in total. The number of hydrogen-bond donors (Lipinski definition) is 1. The van der Waals surface area contributed by atoms with Crippen molar-refractivity contribution in [2.24, 2.45) is 0 Å². The van der Waals surface area contributed by atoms with Crippen LogP contribution >= 0.6 is 0 Å². The van der Waals surface area contributed by atoms with Crippen LogP contribution in [0, 0.1) is 0 Å². The van der Waals surface area contributed by atoms with E-state index in [0.29, 0.717) is 27.2 Å². The van der Waals surface area contributed by atoms with Crippen LogP contribution in [0.25, 0.3) is 11.3 Å². The van der Waals surface area contributed by atoms with Crippen LogP contribution in [0.3, 0.4) is 0 Å². The smallest absolute Gasteiger partial charge is 0.245 e. The predicted octanol–water partition coefficient (Wildman–Crippen LogP) is 2.17. The molecule has 3 rings (SSSR count). The van der Waals surface area contributed by atoms with Crippen molar-refractivity contribution in [3.63, 3.8) is 0 Å². The average Bonchev–Trinajstić information content (AvgIpc) is 2.66. The summed E-state index contributed by atoms with van der Waals surface area (Å²) in [5.41, 5.74) is 1.84. The van der Waals surface area contributed by atoms with Crippen LogP contribution < -0.4 is 8.45 Å². The zero-order chi connectivity index (χ0) is 22.8. The number of aromatic nitrogens is 2. The first-order valence-corrected chi connectivity index (χ1v) is 12.7. The Kier molecular flexibility index (Phi) is 6.18. The van der Waals surface area contributed by atoms with Gasteiger partial charge in [-0.15, -0.1) is 0 Å². The lowest BCUT2D eigenvalue weighted by atomic mass is 10.1. The van der Waals surface area contributed by atoms with E-state index in [4.69, 9.17) is 4.74 Å². The first-order chi connectivity index (χ1) is 14.5. The molecule has 1 aromatic heterocycles. The molecule has 3 aromatic rings. The highest BCUT2D eigenvalue weighted by molar-refractivity contribution is 8.09. The standard InChI is InChI=1S/C20H21N3O6S2/c1-29-19-13-15(7-8-18(19)23(30(2,25)26)31(3,27)28)17-9-10-21-20(22-17)12-14-5-4-6-16(24)11-14/h4-11,13,24H,12H2,1-3H3. The molecule has 0 aliphatic heterocycles. The first-order valence-electron chi connectivity index (χ1n) is 8.98. The van der Waals surface area contributed by atoms with Crippen molar-refractivity contribution in [3.05, 3.63) is 66.1 Å². The molecule has 0 fully saturated rings. The summed E-state index contributed by atoms with van der Waals surface area (Å²) in [4.78, 5) is 8.77. The van der Waals surface area contributed by atoms with E-state index >= 15 is 0 Å². The van der Waals surface area contributed by atoms with Crippen LogP contribution in [0.4, 0.5) is 5.69 Å². The summed E-state index contributed by atoms with van der Waals surface area (Å²) in [5.74, 6) is 0.719. The van der Waals surface area contributed by atoms with E-state index in [1.165, 1.54) is 19.2 Å². The SMILES string of the molecule is COc1cc(-c2ccnc(Cc3cccc(O)c3)n2)ccc1N(S(C)(=O)=O)S(C)(=O)=O. The lowest BCUT2D eigenvalue weighted by molar-refractivity contribution is 0.416. The lowest BCUT2D eigenvalue weighted by Gasteiger charge is -2.22. The molecular weight excluding hydrogens is 442 g/mol. The number of anilines is 1. The van der Waals surface area contributed by atoms with E-state index in [9.17, 15) is 21.9 Å². The van der Waals surface area contributed by atoms with E-state index in [1.54, 1.807) is 36.5 Å². The number of phenols is 1. The minimum absolute atomic E-state index is 0.0569. The number of hydrogen-bond acceptors (Lipinski definition) is 8. The Labute approximate surface area is 181 Å². The van der Waals surface area contributed by atoms with Gasteiger partial charge < -0.3 is 9.84 Å². The lowest BCUT2D eigenvalue weighted by Crippen LogP contribution is -2.35. The third-order valence-electron chi connectivity index (χ3n) is 4.25. The Morgan fingerprint density at radius 1 is 1.00 bits per heavy atom. The number of rotatable bonds is 7. The highest BCUT2D eigenvalue weighted by Crippen LogP contribution is 2.35. The third kappa shape index (κ3) is 5.30. The number of benzene rings is 2. The molecule has 0 amide bonds. The monoisotopic (exact) mass is 463 g/mol. The van der Waals surface area contributed by atoms with Crippen molar-refractivity contribution in [2.75, 3.05) is 23.3 Å².